The summed E-state index contributed by atoms with van der Waals surface area (Å²) in [6, 6.07) is 3.85. The Labute approximate surface area is 115 Å². The molecule has 0 radical (unpaired) electrons. The van der Waals surface area contributed by atoms with Gasteiger partial charge >= 0.3 is 0 Å². The summed E-state index contributed by atoms with van der Waals surface area (Å²) in [5.41, 5.74) is 0.699. The summed E-state index contributed by atoms with van der Waals surface area (Å²) in [6.07, 6.45) is 7.91. The number of aromatic nitrogens is 1. The molecule has 1 aromatic rings. The molecule has 1 heterocycles. The van der Waals surface area contributed by atoms with Gasteiger partial charge in [-0.15, -0.1) is 0 Å². The Morgan fingerprint density at radius 1 is 1.26 bits per heavy atom. The third-order valence-corrected chi connectivity index (χ3v) is 3.75. The van der Waals surface area contributed by atoms with E-state index in [0.29, 0.717) is 11.6 Å². The summed E-state index contributed by atoms with van der Waals surface area (Å²) in [5, 5.41) is 3.13. The third-order valence-electron chi connectivity index (χ3n) is 3.75. The number of amides is 1. The van der Waals surface area contributed by atoms with E-state index in [1.807, 2.05) is 0 Å². The molecule has 1 aliphatic rings. The van der Waals surface area contributed by atoms with Crippen molar-refractivity contribution in [3.8, 4) is 0 Å². The zero-order valence-corrected chi connectivity index (χ0v) is 11.8. The first-order valence-electron chi connectivity index (χ1n) is 7.01. The highest BCUT2D eigenvalue weighted by Gasteiger charge is 2.22. The fourth-order valence-corrected chi connectivity index (χ4v) is 2.78. The summed E-state index contributed by atoms with van der Waals surface area (Å²) >= 11 is 0. The molecule has 4 nitrogen and oxygen atoms in total. The minimum absolute atomic E-state index is 0.0264. The second-order valence-electron chi connectivity index (χ2n) is 5.69. The molecule has 1 amide bonds. The Morgan fingerprint density at radius 2 is 1.89 bits per heavy atom. The van der Waals surface area contributed by atoms with E-state index in [0.717, 1.165) is 25.3 Å². The molecular formula is C15H23N3O. The van der Waals surface area contributed by atoms with Gasteiger partial charge in [0, 0.05) is 30.5 Å². The molecule has 0 saturated heterocycles. The molecule has 0 unspecified atom stereocenters. The topological polar surface area (TPSA) is 45.2 Å². The first kappa shape index (κ1) is 14.0. The summed E-state index contributed by atoms with van der Waals surface area (Å²) in [6.45, 7) is 1.16. The van der Waals surface area contributed by atoms with Crippen LogP contribution in [0.1, 0.15) is 36.0 Å². The summed E-state index contributed by atoms with van der Waals surface area (Å²) < 4.78 is 0. The van der Waals surface area contributed by atoms with E-state index < -0.39 is 0 Å². The first-order chi connectivity index (χ1) is 9.15. The maximum Gasteiger partial charge on any atom is 0.251 e. The quantitative estimate of drug-likeness (QED) is 0.901. The van der Waals surface area contributed by atoms with E-state index in [2.05, 4.69) is 29.3 Å². The van der Waals surface area contributed by atoms with Crippen LogP contribution in [0.4, 0.5) is 0 Å². The van der Waals surface area contributed by atoms with Crippen molar-refractivity contribution in [2.24, 2.45) is 5.92 Å². The van der Waals surface area contributed by atoms with Crippen molar-refractivity contribution in [2.45, 2.75) is 31.7 Å². The molecule has 0 aromatic carbocycles. The van der Waals surface area contributed by atoms with Gasteiger partial charge in [0.15, 0.2) is 0 Å². The number of rotatable bonds is 4. The molecule has 0 spiro atoms. The normalized spacial score (nSPS) is 23.3. The molecule has 0 atom stereocenters. The maximum atomic E-state index is 12.0. The number of pyridine rings is 1. The van der Waals surface area contributed by atoms with Gasteiger partial charge in [-0.05, 0) is 57.8 Å². The van der Waals surface area contributed by atoms with E-state index in [1.165, 1.54) is 12.8 Å². The smallest absolute Gasteiger partial charge is 0.251 e. The van der Waals surface area contributed by atoms with Crippen molar-refractivity contribution in [1.29, 1.82) is 0 Å². The monoisotopic (exact) mass is 261 g/mol. The maximum absolute atomic E-state index is 12.0. The summed E-state index contributed by atoms with van der Waals surface area (Å²) in [5.74, 6) is 0.808. The number of nitrogens with one attached hydrogen (secondary N) is 1. The number of hydrogen-bond acceptors (Lipinski definition) is 3. The Morgan fingerprint density at radius 3 is 2.47 bits per heavy atom. The highest BCUT2D eigenvalue weighted by atomic mass is 16.1. The zero-order chi connectivity index (χ0) is 13.7. The van der Waals surface area contributed by atoms with Crippen molar-refractivity contribution in [3.05, 3.63) is 30.1 Å². The van der Waals surface area contributed by atoms with Crippen LogP contribution in [-0.2, 0) is 0 Å². The van der Waals surface area contributed by atoms with Gasteiger partial charge in [-0.2, -0.15) is 0 Å². The second-order valence-corrected chi connectivity index (χ2v) is 5.69. The Kier molecular flexibility index (Phi) is 4.91. The molecular weight excluding hydrogens is 238 g/mol. The molecule has 0 aliphatic heterocycles. The lowest BCUT2D eigenvalue weighted by Crippen LogP contribution is -2.39. The van der Waals surface area contributed by atoms with Crippen LogP contribution in [0.25, 0.3) is 0 Å². The van der Waals surface area contributed by atoms with Crippen molar-refractivity contribution in [3.63, 3.8) is 0 Å². The van der Waals surface area contributed by atoms with Gasteiger partial charge in [0.05, 0.1) is 0 Å². The third kappa shape index (κ3) is 4.31. The highest BCUT2D eigenvalue weighted by Crippen LogP contribution is 2.24. The predicted molar refractivity (Wildman–Crippen MR) is 76.0 cm³/mol. The van der Waals surface area contributed by atoms with Crippen LogP contribution in [0.5, 0.6) is 0 Å². The predicted octanol–water partition coefficient (Wildman–Crippen LogP) is 1.93. The molecule has 2 rings (SSSR count). The van der Waals surface area contributed by atoms with Crippen LogP contribution in [0.2, 0.25) is 0 Å². The minimum Gasteiger partial charge on any atom is -0.349 e. The number of nitrogens with zero attached hydrogens (tertiary/aromatic N) is 2. The van der Waals surface area contributed by atoms with Crippen LogP contribution >= 0.6 is 0 Å². The lowest BCUT2D eigenvalue weighted by Gasteiger charge is -2.30. The number of hydrogen-bond donors (Lipinski definition) is 1. The van der Waals surface area contributed by atoms with E-state index in [-0.39, 0.29) is 5.91 Å². The Bertz CT molecular complexity index is 397. The fourth-order valence-electron chi connectivity index (χ4n) is 2.78. The molecule has 1 aliphatic carbocycles. The largest absolute Gasteiger partial charge is 0.349 e. The lowest BCUT2D eigenvalue weighted by atomic mass is 9.85. The van der Waals surface area contributed by atoms with Gasteiger partial charge in [0.2, 0.25) is 0 Å². The molecule has 4 heteroatoms. The Hall–Kier alpha value is -1.42. The standard InChI is InChI=1S/C15H23N3O/c1-18(2)11-12-3-5-14(6-4-12)17-15(19)13-7-9-16-10-8-13/h7-10,12,14H,3-6,11H2,1-2H3,(H,17,19). The molecule has 104 valence electrons. The zero-order valence-electron chi connectivity index (χ0n) is 11.8. The SMILES string of the molecule is CN(C)CC1CCC(NC(=O)c2ccncc2)CC1. The summed E-state index contributed by atoms with van der Waals surface area (Å²) in [4.78, 5) is 18.2. The van der Waals surface area contributed by atoms with Gasteiger partial charge < -0.3 is 10.2 Å². The van der Waals surface area contributed by atoms with E-state index in [1.54, 1.807) is 24.5 Å². The van der Waals surface area contributed by atoms with Crippen molar-refractivity contribution < 1.29 is 4.79 Å². The lowest BCUT2D eigenvalue weighted by molar-refractivity contribution is 0.0919. The van der Waals surface area contributed by atoms with Gasteiger partial charge in [-0.1, -0.05) is 0 Å². The van der Waals surface area contributed by atoms with Crippen molar-refractivity contribution >= 4 is 5.91 Å². The molecule has 1 aromatic heterocycles. The van der Waals surface area contributed by atoms with E-state index in [4.69, 9.17) is 0 Å². The molecule has 1 saturated carbocycles. The molecule has 1 N–H and O–H groups in total. The van der Waals surface area contributed by atoms with Crippen LogP contribution in [-0.4, -0.2) is 42.5 Å². The van der Waals surface area contributed by atoms with Gasteiger partial charge in [0.25, 0.3) is 5.91 Å². The van der Waals surface area contributed by atoms with Crippen LogP contribution < -0.4 is 5.32 Å². The molecule has 19 heavy (non-hydrogen) atoms. The highest BCUT2D eigenvalue weighted by molar-refractivity contribution is 5.94. The number of carbonyl (C=O) groups excluding carboxylic acids is 1. The van der Waals surface area contributed by atoms with Crippen LogP contribution in [0.15, 0.2) is 24.5 Å². The van der Waals surface area contributed by atoms with E-state index >= 15 is 0 Å². The Balaban J connectivity index is 1.78. The van der Waals surface area contributed by atoms with Gasteiger partial charge in [0.1, 0.15) is 0 Å². The van der Waals surface area contributed by atoms with Crippen molar-refractivity contribution in [2.75, 3.05) is 20.6 Å². The second kappa shape index (κ2) is 6.66. The first-order valence-corrected chi connectivity index (χ1v) is 7.01. The van der Waals surface area contributed by atoms with E-state index in [9.17, 15) is 4.79 Å². The summed E-state index contributed by atoms with van der Waals surface area (Å²) in [7, 11) is 4.24. The average molecular weight is 261 g/mol. The fraction of sp³-hybridized carbons (Fsp3) is 0.600. The molecule has 0 bridgehead atoms. The van der Waals surface area contributed by atoms with Crippen molar-refractivity contribution in [1.82, 2.24) is 15.2 Å². The van der Waals surface area contributed by atoms with Crippen LogP contribution in [0, 0.1) is 5.92 Å². The average Bonchev–Trinajstić information content (AvgIpc) is 2.41. The molecule has 1 fully saturated rings. The van der Waals surface area contributed by atoms with Crippen LogP contribution in [0.3, 0.4) is 0 Å². The number of carbonyl (C=O) groups is 1. The van der Waals surface area contributed by atoms with Gasteiger partial charge in [-0.3, -0.25) is 9.78 Å². The van der Waals surface area contributed by atoms with Gasteiger partial charge in [-0.25, -0.2) is 0 Å². The minimum atomic E-state index is 0.0264.